The largest absolute Gasteiger partial charge is 0.481 e. The zero-order chi connectivity index (χ0) is 14.8. The summed E-state index contributed by atoms with van der Waals surface area (Å²) in [5.74, 6) is -0.391. The zero-order valence-electron chi connectivity index (χ0n) is 11.3. The van der Waals surface area contributed by atoms with Crippen molar-refractivity contribution in [1.29, 1.82) is 0 Å². The molecule has 0 aromatic carbocycles. The number of carbonyl (C=O) groups excluding carboxylic acids is 1. The number of carbonyl (C=O) groups is 2. The molecule has 2 amide bonds. The summed E-state index contributed by atoms with van der Waals surface area (Å²) in [7, 11) is 1.77. The maximum atomic E-state index is 11.8. The second-order valence-corrected chi connectivity index (χ2v) is 4.98. The molecule has 3 N–H and O–H groups in total. The molecule has 0 aliphatic carbocycles. The van der Waals surface area contributed by atoms with Crippen molar-refractivity contribution in [1.82, 2.24) is 25.4 Å². The lowest BCUT2D eigenvalue weighted by molar-refractivity contribution is -0.148. The number of hydrogen-bond donors (Lipinski definition) is 3. The third-order valence-corrected chi connectivity index (χ3v) is 3.46. The lowest BCUT2D eigenvalue weighted by atomic mass is 9.85. The Labute approximate surface area is 115 Å². The number of ether oxygens (including phenoxy) is 1. The number of aliphatic carboxylic acids is 1. The lowest BCUT2D eigenvalue weighted by Gasteiger charge is -2.25. The molecule has 9 nitrogen and oxygen atoms in total. The van der Waals surface area contributed by atoms with E-state index in [-0.39, 0.29) is 19.8 Å². The molecule has 0 radical (unpaired) electrons. The second-order valence-electron chi connectivity index (χ2n) is 4.98. The van der Waals surface area contributed by atoms with Crippen LogP contribution in [-0.4, -0.2) is 51.1 Å². The number of amides is 2. The van der Waals surface area contributed by atoms with Crippen molar-refractivity contribution >= 4 is 12.0 Å². The molecule has 1 aromatic heterocycles. The van der Waals surface area contributed by atoms with E-state index in [4.69, 9.17) is 4.74 Å². The summed E-state index contributed by atoms with van der Waals surface area (Å²) in [6.45, 7) is 2.02. The zero-order valence-corrected chi connectivity index (χ0v) is 11.3. The van der Waals surface area contributed by atoms with Gasteiger partial charge in [0.15, 0.2) is 5.82 Å². The summed E-state index contributed by atoms with van der Waals surface area (Å²) in [5, 5.41) is 21.9. The van der Waals surface area contributed by atoms with Crippen molar-refractivity contribution in [3.63, 3.8) is 0 Å². The number of carboxylic acid groups (broad SMARTS) is 1. The van der Waals surface area contributed by atoms with Crippen molar-refractivity contribution in [2.75, 3.05) is 13.2 Å². The van der Waals surface area contributed by atoms with Crippen molar-refractivity contribution in [3.8, 4) is 0 Å². The van der Waals surface area contributed by atoms with Crippen LogP contribution in [0.2, 0.25) is 0 Å². The first-order valence-electron chi connectivity index (χ1n) is 6.12. The third-order valence-electron chi connectivity index (χ3n) is 3.46. The highest BCUT2D eigenvalue weighted by Gasteiger charge is 2.47. The smallest absolute Gasteiger partial charge is 0.315 e. The Morgan fingerprint density at radius 1 is 1.65 bits per heavy atom. The van der Waals surface area contributed by atoms with E-state index in [9.17, 15) is 14.7 Å². The molecule has 1 fully saturated rings. The quantitative estimate of drug-likeness (QED) is 0.659. The molecular weight excluding hydrogens is 266 g/mol. The average molecular weight is 283 g/mol. The minimum atomic E-state index is -1.11. The van der Waals surface area contributed by atoms with Gasteiger partial charge in [-0.15, -0.1) is 10.2 Å². The molecule has 1 saturated heterocycles. The standard InChI is InChI=1S/C11H17N5O4/c1-11(9(17)18)5-20-4-7(11)14-10(19)12-3-8-15-13-6-16(8)2/h6-7H,3-5H2,1-2H3,(H,17,18)(H2,12,14,19). The Bertz CT molecular complexity index is 517. The first-order valence-corrected chi connectivity index (χ1v) is 6.12. The Hall–Kier alpha value is -2.16. The lowest BCUT2D eigenvalue weighted by Crippen LogP contribution is -2.52. The van der Waals surface area contributed by atoms with E-state index >= 15 is 0 Å². The van der Waals surface area contributed by atoms with Crippen LogP contribution in [0.3, 0.4) is 0 Å². The van der Waals surface area contributed by atoms with Gasteiger partial charge in [0.2, 0.25) is 0 Å². The molecule has 2 heterocycles. The van der Waals surface area contributed by atoms with Gasteiger partial charge in [0.05, 0.1) is 25.8 Å². The molecule has 2 atom stereocenters. The van der Waals surface area contributed by atoms with Gasteiger partial charge in [0.1, 0.15) is 11.7 Å². The van der Waals surface area contributed by atoms with Gasteiger partial charge in [0, 0.05) is 7.05 Å². The van der Waals surface area contributed by atoms with Crippen LogP contribution < -0.4 is 10.6 Å². The van der Waals surface area contributed by atoms with Crippen LogP contribution in [0, 0.1) is 5.41 Å². The Morgan fingerprint density at radius 2 is 2.40 bits per heavy atom. The summed E-state index contributed by atoms with van der Waals surface area (Å²) in [6.07, 6.45) is 1.53. The number of carboxylic acids is 1. The maximum absolute atomic E-state index is 11.8. The number of nitrogens with one attached hydrogen (secondary N) is 2. The Morgan fingerprint density at radius 3 is 3.00 bits per heavy atom. The van der Waals surface area contributed by atoms with E-state index in [0.29, 0.717) is 5.82 Å². The van der Waals surface area contributed by atoms with Gasteiger partial charge < -0.3 is 25.0 Å². The fourth-order valence-electron chi connectivity index (χ4n) is 1.92. The molecule has 2 rings (SSSR count). The predicted molar refractivity (Wildman–Crippen MR) is 66.7 cm³/mol. The van der Waals surface area contributed by atoms with Gasteiger partial charge in [-0.25, -0.2) is 4.79 Å². The van der Waals surface area contributed by atoms with Crippen LogP contribution in [0.1, 0.15) is 12.7 Å². The summed E-state index contributed by atoms with van der Waals surface area (Å²) >= 11 is 0. The molecule has 20 heavy (non-hydrogen) atoms. The Balaban J connectivity index is 1.88. The summed E-state index contributed by atoms with van der Waals surface area (Å²) < 4.78 is 6.84. The van der Waals surface area contributed by atoms with Gasteiger partial charge >= 0.3 is 12.0 Å². The molecule has 1 aromatic rings. The van der Waals surface area contributed by atoms with Crippen molar-refractivity contribution < 1.29 is 19.4 Å². The van der Waals surface area contributed by atoms with Crippen LogP contribution in [0.4, 0.5) is 4.79 Å². The Kier molecular flexibility index (Phi) is 3.89. The van der Waals surface area contributed by atoms with Gasteiger partial charge in [-0.1, -0.05) is 0 Å². The van der Waals surface area contributed by atoms with Crippen molar-refractivity contribution in [2.24, 2.45) is 12.5 Å². The molecule has 0 saturated carbocycles. The molecule has 110 valence electrons. The summed E-state index contributed by atoms with van der Waals surface area (Å²) in [5.41, 5.74) is -1.11. The van der Waals surface area contributed by atoms with E-state index in [1.165, 1.54) is 6.33 Å². The highest BCUT2D eigenvalue weighted by molar-refractivity contribution is 5.79. The fraction of sp³-hybridized carbons (Fsp3) is 0.636. The van der Waals surface area contributed by atoms with Crippen molar-refractivity contribution in [2.45, 2.75) is 19.5 Å². The maximum Gasteiger partial charge on any atom is 0.315 e. The fourth-order valence-corrected chi connectivity index (χ4v) is 1.92. The minimum Gasteiger partial charge on any atom is -0.481 e. The molecule has 9 heteroatoms. The molecular formula is C11H17N5O4. The normalized spacial score (nSPS) is 25.4. The van der Waals surface area contributed by atoms with E-state index in [0.717, 1.165) is 0 Å². The minimum absolute atomic E-state index is 0.0799. The van der Waals surface area contributed by atoms with Crippen LogP contribution in [0.25, 0.3) is 0 Å². The van der Waals surface area contributed by atoms with Crippen molar-refractivity contribution in [3.05, 3.63) is 12.2 Å². The van der Waals surface area contributed by atoms with Gasteiger partial charge in [-0.3, -0.25) is 4.79 Å². The number of aryl methyl sites for hydroxylation is 1. The van der Waals surface area contributed by atoms with Gasteiger partial charge in [0.25, 0.3) is 0 Å². The molecule has 1 aliphatic rings. The topological polar surface area (TPSA) is 118 Å². The van der Waals surface area contributed by atoms with E-state index in [2.05, 4.69) is 20.8 Å². The predicted octanol–water partition coefficient (Wildman–Crippen LogP) is -0.896. The van der Waals surface area contributed by atoms with Crippen LogP contribution in [0.5, 0.6) is 0 Å². The van der Waals surface area contributed by atoms with Gasteiger partial charge in [-0.05, 0) is 6.92 Å². The van der Waals surface area contributed by atoms with Crippen LogP contribution in [0.15, 0.2) is 6.33 Å². The number of nitrogens with zero attached hydrogens (tertiary/aromatic N) is 3. The van der Waals surface area contributed by atoms with Gasteiger partial charge in [-0.2, -0.15) is 0 Å². The number of rotatable bonds is 4. The van der Waals surface area contributed by atoms with E-state index in [1.54, 1.807) is 18.5 Å². The molecule has 0 spiro atoms. The monoisotopic (exact) mass is 283 g/mol. The van der Waals surface area contributed by atoms with E-state index < -0.39 is 23.5 Å². The van der Waals surface area contributed by atoms with Crippen LogP contribution in [-0.2, 0) is 23.1 Å². The average Bonchev–Trinajstić information content (AvgIpc) is 2.95. The highest BCUT2D eigenvalue weighted by Crippen LogP contribution is 2.28. The number of hydrogen-bond acceptors (Lipinski definition) is 5. The summed E-state index contributed by atoms with van der Waals surface area (Å²) in [4.78, 5) is 23.0. The molecule has 0 bridgehead atoms. The number of aromatic nitrogens is 3. The first-order chi connectivity index (χ1) is 9.43. The molecule has 1 aliphatic heterocycles. The summed E-state index contributed by atoms with van der Waals surface area (Å²) in [6, 6.07) is -1.03. The van der Waals surface area contributed by atoms with Crippen LogP contribution >= 0.6 is 0 Å². The number of urea groups is 1. The second kappa shape index (κ2) is 5.45. The highest BCUT2D eigenvalue weighted by atomic mass is 16.5. The van der Waals surface area contributed by atoms with E-state index in [1.807, 2.05) is 0 Å². The first kappa shape index (κ1) is 14.3. The SMILES string of the molecule is Cn1cnnc1CNC(=O)NC1COCC1(C)C(=O)O. The third kappa shape index (κ3) is 2.72. The molecule has 2 unspecified atom stereocenters.